The van der Waals surface area contributed by atoms with E-state index in [-0.39, 0.29) is 11.9 Å². The standard InChI is InChI=1S/C19H24FN/c1-5-21-19(16-7-6-8-17(20)11-16)12-18-14(3)9-13(2)10-15(18)4/h6-11,19,21H,5,12H2,1-4H3. The van der Waals surface area contributed by atoms with Crippen LogP contribution < -0.4 is 5.32 Å². The first-order valence-electron chi connectivity index (χ1n) is 7.56. The minimum atomic E-state index is -0.173. The van der Waals surface area contributed by atoms with Crippen LogP contribution in [0, 0.1) is 26.6 Å². The molecule has 0 fully saturated rings. The van der Waals surface area contributed by atoms with Gasteiger partial charge in [-0.05, 0) is 68.1 Å². The average molecular weight is 285 g/mol. The summed E-state index contributed by atoms with van der Waals surface area (Å²) in [6, 6.07) is 11.5. The Hall–Kier alpha value is -1.67. The highest BCUT2D eigenvalue weighted by Crippen LogP contribution is 2.24. The summed E-state index contributed by atoms with van der Waals surface area (Å²) in [6.07, 6.45) is 0.884. The molecule has 0 saturated carbocycles. The van der Waals surface area contributed by atoms with Gasteiger partial charge in [-0.1, -0.05) is 36.8 Å². The maximum absolute atomic E-state index is 13.5. The first-order chi connectivity index (χ1) is 10.0. The van der Waals surface area contributed by atoms with Gasteiger partial charge in [0.25, 0.3) is 0 Å². The van der Waals surface area contributed by atoms with Crippen LogP contribution in [0.1, 0.15) is 40.8 Å². The predicted octanol–water partition coefficient (Wildman–Crippen LogP) is 4.64. The second-order valence-corrected chi connectivity index (χ2v) is 5.75. The molecule has 1 nitrogen and oxygen atoms in total. The second kappa shape index (κ2) is 6.86. The molecule has 2 rings (SSSR count). The van der Waals surface area contributed by atoms with Gasteiger partial charge in [-0.25, -0.2) is 4.39 Å². The Kier molecular flexibility index (Phi) is 5.13. The molecule has 0 aliphatic heterocycles. The van der Waals surface area contributed by atoms with E-state index in [2.05, 4.69) is 45.1 Å². The predicted molar refractivity (Wildman–Crippen MR) is 87.2 cm³/mol. The SMILES string of the molecule is CCNC(Cc1c(C)cc(C)cc1C)c1cccc(F)c1. The highest BCUT2D eigenvalue weighted by molar-refractivity contribution is 5.39. The van der Waals surface area contributed by atoms with Crippen molar-refractivity contribution in [2.24, 2.45) is 0 Å². The highest BCUT2D eigenvalue weighted by atomic mass is 19.1. The summed E-state index contributed by atoms with van der Waals surface area (Å²) in [5.41, 5.74) is 6.28. The summed E-state index contributed by atoms with van der Waals surface area (Å²) in [6.45, 7) is 9.39. The lowest BCUT2D eigenvalue weighted by atomic mass is 9.91. The highest BCUT2D eigenvalue weighted by Gasteiger charge is 2.15. The van der Waals surface area contributed by atoms with Gasteiger partial charge in [-0.3, -0.25) is 0 Å². The fourth-order valence-corrected chi connectivity index (χ4v) is 3.01. The summed E-state index contributed by atoms with van der Waals surface area (Å²) in [5.74, 6) is -0.173. The monoisotopic (exact) mass is 285 g/mol. The van der Waals surface area contributed by atoms with Crippen molar-refractivity contribution in [3.8, 4) is 0 Å². The van der Waals surface area contributed by atoms with E-state index in [1.54, 1.807) is 12.1 Å². The zero-order valence-corrected chi connectivity index (χ0v) is 13.3. The summed E-state index contributed by atoms with van der Waals surface area (Å²) >= 11 is 0. The molecule has 0 radical (unpaired) electrons. The number of likely N-dealkylation sites (N-methyl/N-ethyl adjacent to an activating group) is 1. The molecular weight excluding hydrogens is 261 g/mol. The van der Waals surface area contributed by atoms with Crippen molar-refractivity contribution in [3.05, 3.63) is 70.0 Å². The zero-order chi connectivity index (χ0) is 15.4. The molecule has 2 heteroatoms. The maximum atomic E-state index is 13.5. The fraction of sp³-hybridized carbons (Fsp3) is 0.368. The third-order valence-corrected chi connectivity index (χ3v) is 3.95. The van der Waals surface area contributed by atoms with Gasteiger partial charge in [-0.15, -0.1) is 0 Å². The molecule has 1 N–H and O–H groups in total. The zero-order valence-electron chi connectivity index (χ0n) is 13.3. The van der Waals surface area contributed by atoms with E-state index in [9.17, 15) is 4.39 Å². The number of hydrogen-bond donors (Lipinski definition) is 1. The van der Waals surface area contributed by atoms with Crippen LogP contribution in [0.5, 0.6) is 0 Å². The molecule has 0 heterocycles. The van der Waals surface area contributed by atoms with Crippen molar-refractivity contribution in [1.29, 1.82) is 0 Å². The lowest BCUT2D eigenvalue weighted by Gasteiger charge is -2.21. The van der Waals surface area contributed by atoms with Gasteiger partial charge in [0.15, 0.2) is 0 Å². The van der Waals surface area contributed by atoms with Crippen molar-refractivity contribution >= 4 is 0 Å². The normalized spacial score (nSPS) is 12.4. The number of hydrogen-bond acceptors (Lipinski definition) is 1. The van der Waals surface area contributed by atoms with Crippen LogP contribution in [0.2, 0.25) is 0 Å². The smallest absolute Gasteiger partial charge is 0.123 e. The minimum Gasteiger partial charge on any atom is -0.310 e. The van der Waals surface area contributed by atoms with Crippen LogP contribution in [-0.2, 0) is 6.42 Å². The molecule has 1 atom stereocenters. The van der Waals surface area contributed by atoms with Gasteiger partial charge in [0, 0.05) is 6.04 Å². The second-order valence-electron chi connectivity index (χ2n) is 5.75. The molecule has 2 aromatic rings. The molecule has 0 aromatic heterocycles. The Morgan fingerprint density at radius 2 is 1.71 bits per heavy atom. The average Bonchev–Trinajstić information content (AvgIpc) is 2.41. The summed E-state index contributed by atoms with van der Waals surface area (Å²) in [5, 5.41) is 3.48. The van der Waals surface area contributed by atoms with Crippen molar-refractivity contribution in [3.63, 3.8) is 0 Å². The molecule has 0 aliphatic rings. The molecule has 0 bridgehead atoms. The number of halogens is 1. The van der Waals surface area contributed by atoms with Crippen LogP contribution in [0.4, 0.5) is 4.39 Å². The van der Waals surface area contributed by atoms with E-state index in [0.29, 0.717) is 0 Å². The fourth-order valence-electron chi connectivity index (χ4n) is 3.01. The molecule has 21 heavy (non-hydrogen) atoms. The number of rotatable bonds is 5. The molecule has 0 spiro atoms. The molecule has 112 valence electrons. The van der Waals surface area contributed by atoms with Crippen LogP contribution in [0.15, 0.2) is 36.4 Å². The topological polar surface area (TPSA) is 12.0 Å². The minimum absolute atomic E-state index is 0.144. The lowest BCUT2D eigenvalue weighted by molar-refractivity contribution is 0.541. The molecule has 0 amide bonds. The third kappa shape index (κ3) is 3.92. The van der Waals surface area contributed by atoms with Gasteiger partial charge in [0.2, 0.25) is 0 Å². The van der Waals surface area contributed by atoms with Crippen molar-refractivity contribution < 1.29 is 4.39 Å². The van der Waals surface area contributed by atoms with Crippen LogP contribution in [-0.4, -0.2) is 6.54 Å². The van der Waals surface area contributed by atoms with Crippen LogP contribution in [0.3, 0.4) is 0 Å². The quantitative estimate of drug-likeness (QED) is 0.843. The van der Waals surface area contributed by atoms with E-state index in [4.69, 9.17) is 0 Å². The molecule has 0 aliphatic carbocycles. The Balaban J connectivity index is 2.33. The van der Waals surface area contributed by atoms with E-state index >= 15 is 0 Å². The summed E-state index contributed by atoms with van der Waals surface area (Å²) < 4.78 is 13.5. The van der Waals surface area contributed by atoms with Crippen molar-refractivity contribution in [2.75, 3.05) is 6.54 Å². The summed E-state index contributed by atoms with van der Waals surface area (Å²) in [7, 11) is 0. The van der Waals surface area contributed by atoms with Crippen molar-refractivity contribution in [1.82, 2.24) is 5.32 Å². The van der Waals surface area contributed by atoms with Gasteiger partial charge in [0.1, 0.15) is 5.82 Å². The van der Waals surface area contributed by atoms with Gasteiger partial charge >= 0.3 is 0 Å². The largest absolute Gasteiger partial charge is 0.310 e. The lowest BCUT2D eigenvalue weighted by Crippen LogP contribution is -2.23. The number of benzene rings is 2. The van der Waals surface area contributed by atoms with Crippen molar-refractivity contribution in [2.45, 2.75) is 40.2 Å². The Morgan fingerprint density at radius 1 is 1.05 bits per heavy atom. The Labute approximate surface area is 127 Å². The molecule has 1 unspecified atom stereocenters. The number of nitrogens with one attached hydrogen (secondary N) is 1. The first-order valence-corrected chi connectivity index (χ1v) is 7.56. The van der Waals surface area contributed by atoms with Crippen LogP contribution >= 0.6 is 0 Å². The Morgan fingerprint density at radius 3 is 2.29 bits per heavy atom. The van der Waals surface area contributed by atoms with E-state index in [0.717, 1.165) is 18.5 Å². The van der Waals surface area contributed by atoms with E-state index in [1.165, 1.54) is 28.3 Å². The molecule has 0 saturated heterocycles. The maximum Gasteiger partial charge on any atom is 0.123 e. The van der Waals surface area contributed by atoms with E-state index in [1.807, 2.05) is 6.07 Å². The summed E-state index contributed by atoms with van der Waals surface area (Å²) in [4.78, 5) is 0. The van der Waals surface area contributed by atoms with Crippen LogP contribution in [0.25, 0.3) is 0 Å². The molecular formula is C19H24FN. The Bertz CT molecular complexity index is 596. The first kappa shape index (κ1) is 15.7. The third-order valence-electron chi connectivity index (χ3n) is 3.95. The molecule has 2 aromatic carbocycles. The number of aryl methyl sites for hydroxylation is 3. The van der Waals surface area contributed by atoms with Gasteiger partial charge in [-0.2, -0.15) is 0 Å². The van der Waals surface area contributed by atoms with E-state index < -0.39 is 0 Å². The van der Waals surface area contributed by atoms with Gasteiger partial charge in [0.05, 0.1) is 0 Å². The van der Waals surface area contributed by atoms with Gasteiger partial charge < -0.3 is 5.32 Å².